The van der Waals surface area contributed by atoms with Crippen molar-refractivity contribution in [1.82, 2.24) is 9.97 Å². The predicted molar refractivity (Wildman–Crippen MR) is 69.1 cm³/mol. The van der Waals surface area contributed by atoms with E-state index in [1.165, 1.54) is 13.1 Å². The molecule has 108 valence electrons. The lowest BCUT2D eigenvalue weighted by atomic mass is 10.0. The van der Waals surface area contributed by atoms with Gasteiger partial charge in [0.2, 0.25) is 5.82 Å². The second-order valence-corrected chi connectivity index (χ2v) is 4.27. The third-order valence-corrected chi connectivity index (χ3v) is 2.96. The molecule has 1 aromatic rings. The van der Waals surface area contributed by atoms with Crippen molar-refractivity contribution in [2.24, 2.45) is 5.92 Å². The number of nitrogens with zero attached hydrogens (tertiary/aromatic N) is 2. The first-order valence-electron chi connectivity index (χ1n) is 6.28. The van der Waals surface area contributed by atoms with Gasteiger partial charge in [0.05, 0.1) is 0 Å². The summed E-state index contributed by atoms with van der Waals surface area (Å²) in [5, 5.41) is 5.55. The van der Waals surface area contributed by atoms with Gasteiger partial charge in [-0.15, -0.1) is 0 Å². The van der Waals surface area contributed by atoms with Crippen LogP contribution in [-0.2, 0) is 6.18 Å². The maximum atomic E-state index is 12.6. The van der Waals surface area contributed by atoms with Crippen LogP contribution in [0.5, 0.6) is 0 Å². The highest BCUT2D eigenvalue weighted by Gasteiger charge is 2.35. The Balaban J connectivity index is 2.88. The Morgan fingerprint density at radius 3 is 2.21 bits per heavy atom. The molecule has 0 saturated carbocycles. The van der Waals surface area contributed by atoms with Crippen LogP contribution in [0.4, 0.5) is 24.8 Å². The van der Waals surface area contributed by atoms with Crippen LogP contribution in [0.25, 0.3) is 0 Å². The van der Waals surface area contributed by atoms with Crippen molar-refractivity contribution >= 4 is 11.6 Å². The third-order valence-electron chi connectivity index (χ3n) is 2.96. The highest BCUT2D eigenvalue weighted by molar-refractivity contribution is 5.47. The standard InChI is InChI=1S/C12H19F3N4/c1-4-8(5-2)7-17-10-6-9(16-3)18-11(19-10)12(13,14)15/h6,8H,4-5,7H2,1-3H3,(H2,16,17,18,19). The Morgan fingerprint density at radius 1 is 1.16 bits per heavy atom. The fraction of sp³-hybridized carbons (Fsp3) is 0.667. The Morgan fingerprint density at radius 2 is 1.74 bits per heavy atom. The molecule has 0 bridgehead atoms. The summed E-state index contributed by atoms with van der Waals surface area (Å²) in [5.41, 5.74) is 0. The third kappa shape index (κ3) is 4.57. The van der Waals surface area contributed by atoms with E-state index in [0.29, 0.717) is 12.5 Å². The van der Waals surface area contributed by atoms with Gasteiger partial charge < -0.3 is 10.6 Å². The summed E-state index contributed by atoms with van der Waals surface area (Å²) in [7, 11) is 1.52. The molecule has 2 N–H and O–H groups in total. The van der Waals surface area contributed by atoms with Gasteiger partial charge >= 0.3 is 6.18 Å². The van der Waals surface area contributed by atoms with Crippen LogP contribution in [-0.4, -0.2) is 23.6 Å². The van der Waals surface area contributed by atoms with Gasteiger partial charge in [-0.25, -0.2) is 9.97 Å². The van der Waals surface area contributed by atoms with Gasteiger partial charge in [0, 0.05) is 19.7 Å². The van der Waals surface area contributed by atoms with Crippen molar-refractivity contribution in [3.63, 3.8) is 0 Å². The molecule has 7 heteroatoms. The average Bonchev–Trinajstić information content (AvgIpc) is 2.38. The van der Waals surface area contributed by atoms with E-state index in [2.05, 4.69) is 34.4 Å². The van der Waals surface area contributed by atoms with Crippen molar-refractivity contribution in [3.05, 3.63) is 11.9 Å². The van der Waals surface area contributed by atoms with Crippen LogP contribution in [0.1, 0.15) is 32.5 Å². The molecule has 1 rings (SSSR count). The predicted octanol–water partition coefficient (Wildman–Crippen LogP) is 3.39. The van der Waals surface area contributed by atoms with Crippen molar-refractivity contribution in [2.45, 2.75) is 32.9 Å². The smallest absolute Gasteiger partial charge is 0.373 e. The van der Waals surface area contributed by atoms with Gasteiger partial charge in [-0.3, -0.25) is 0 Å². The van der Waals surface area contributed by atoms with E-state index in [1.807, 2.05) is 0 Å². The molecule has 0 atom stereocenters. The van der Waals surface area contributed by atoms with Crippen molar-refractivity contribution < 1.29 is 13.2 Å². The number of halogens is 3. The number of hydrogen-bond acceptors (Lipinski definition) is 4. The molecule has 4 nitrogen and oxygen atoms in total. The van der Waals surface area contributed by atoms with E-state index in [1.54, 1.807) is 0 Å². The summed E-state index contributed by atoms with van der Waals surface area (Å²) < 4.78 is 37.9. The molecule has 0 aromatic carbocycles. The molecule has 0 radical (unpaired) electrons. The Bertz CT molecular complexity index is 402. The second kappa shape index (κ2) is 6.58. The number of alkyl halides is 3. The Labute approximate surface area is 110 Å². The molecule has 1 aromatic heterocycles. The maximum absolute atomic E-state index is 12.6. The lowest BCUT2D eigenvalue weighted by Crippen LogP contribution is -2.17. The van der Waals surface area contributed by atoms with E-state index in [-0.39, 0.29) is 11.6 Å². The number of rotatable bonds is 6. The van der Waals surface area contributed by atoms with Crippen molar-refractivity contribution in [1.29, 1.82) is 0 Å². The van der Waals surface area contributed by atoms with E-state index < -0.39 is 12.0 Å². The van der Waals surface area contributed by atoms with E-state index in [9.17, 15) is 13.2 Å². The number of hydrogen-bond donors (Lipinski definition) is 2. The molecule has 0 aliphatic rings. The topological polar surface area (TPSA) is 49.8 Å². The summed E-state index contributed by atoms with van der Waals surface area (Å²) in [4.78, 5) is 6.91. The van der Waals surface area contributed by atoms with Gasteiger partial charge in [-0.1, -0.05) is 26.7 Å². The molecule has 0 saturated heterocycles. The second-order valence-electron chi connectivity index (χ2n) is 4.27. The van der Waals surface area contributed by atoms with E-state index in [0.717, 1.165) is 12.8 Å². The molecule has 1 heterocycles. The monoisotopic (exact) mass is 276 g/mol. The zero-order valence-corrected chi connectivity index (χ0v) is 11.3. The zero-order valence-electron chi connectivity index (χ0n) is 11.3. The molecule has 19 heavy (non-hydrogen) atoms. The molecule has 0 fully saturated rings. The quantitative estimate of drug-likeness (QED) is 0.836. The SMILES string of the molecule is CCC(CC)CNc1cc(NC)nc(C(F)(F)F)n1. The molecule has 0 aliphatic heterocycles. The number of nitrogens with one attached hydrogen (secondary N) is 2. The van der Waals surface area contributed by atoms with E-state index >= 15 is 0 Å². The van der Waals surface area contributed by atoms with Crippen molar-refractivity contribution in [3.8, 4) is 0 Å². The molecule has 0 amide bonds. The van der Waals surface area contributed by atoms with Crippen molar-refractivity contribution in [2.75, 3.05) is 24.2 Å². The van der Waals surface area contributed by atoms with Crippen LogP contribution in [0, 0.1) is 5.92 Å². The lowest BCUT2D eigenvalue weighted by molar-refractivity contribution is -0.144. The largest absolute Gasteiger partial charge is 0.451 e. The van der Waals surface area contributed by atoms with Gasteiger partial charge in [0.15, 0.2) is 0 Å². The van der Waals surface area contributed by atoms with E-state index in [4.69, 9.17) is 0 Å². The molecular weight excluding hydrogens is 257 g/mol. The zero-order chi connectivity index (χ0) is 14.5. The van der Waals surface area contributed by atoms with Crippen LogP contribution in [0.2, 0.25) is 0 Å². The first kappa shape index (κ1) is 15.5. The van der Waals surface area contributed by atoms with Crippen LogP contribution < -0.4 is 10.6 Å². The minimum atomic E-state index is -4.54. The fourth-order valence-electron chi connectivity index (χ4n) is 1.62. The lowest BCUT2D eigenvalue weighted by Gasteiger charge is -2.15. The van der Waals surface area contributed by atoms with Gasteiger partial charge in [0.1, 0.15) is 11.6 Å². The highest BCUT2D eigenvalue weighted by Crippen LogP contribution is 2.28. The maximum Gasteiger partial charge on any atom is 0.451 e. The molecular formula is C12H19F3N4. The minimum Gasteiger partial charge on any atom is -0.373 e. The summed E-state index contributed by atoms with van der Waals surface area (Å²) in [5.74, 6) is -0.373. The van der Waals surface area contributed by atoms with Crippen LogP contribution in [0.15, 0.2) is 6.07 Å². The number of anilines is 2. The van der Waals surface area contributed by atoms with Crippen LogP contribution >= 0.6 is 0 Å². The average molecular weight is 276 g/mol. The summed E-state index contributed by atoms with van der Waals surface area (Å²) in [6, 6.07) is 1.47. The van der Waals surface area contributed by atoms with Gasteiger partial charge in [-0.05, 0) is 5.92 Å². The first-order valence-corrected chi connectivity index (χ1v) is 6.28. The van der Waals surface area contributed by atoms with Crippen LogP contribution in [0.3, 0.4) is 0 Å². The summed E-state index contributed by atoms with van der Waals surface area (Å²) >= 11 is 0. The van der Waals surface area contributed by atoms with Gasteiger partial charge in [-0.2, -0.15) is 13.2 Å². The van der Waals surface area contributed by atoms with Gasteiger partial charge in [0.25, 0.3) is 0 Å². The highest BCUT2D eigenvalue weighted by atomic mass is 19.4. The molecule has 0 aliphatic carbocycles. The molecule has 0 unspecified atom stereocenters. The summed E-state index contributed by atoms with van der Waals surface area (Å²) in [6.07, 6.45) is -2.60. The fourth-order valence-corrected chi connectivity index (χ4v) is 1.62. The Hall–Kier alpha value is -1.53. The normalized spacial score (nSPS) is 11.7. The summed E-state index contributed by atoms with van der Waals surface area (Å²) in [6.45, 7) is 4.70. The Kier molecular flexibility index (Phi) is 5.38. The minimum absolute atomic E-state index is 0.148. The molecule has 0 spiro atoms. The first-order chi connectivity index (χ1) is 8.90. The number of aromatic nitrogens is 2.